The maximum atomic E-state index is 7.11. The van der Waals surface area contributed by atoms with E-state index in [9.17, 15) is 0 Å². The Morgan fingerprint density at radius 3 is 1.51 bits per heavy atom. The molecule has 13 rings (SSSR count). The fraction of sp³-hybridized carbons (Fsp3) is 0.377. The summed E-state index contributed by atoms with van der Waals surface area (Å²) in [5.41, 5.74) is 27.5. The first kappa shape index (κ1) is 54.3. The molecule has 0 spiro atoms. The van der Waals surface area contributed by atoms with Gasteiger partial charge in [0.2, 0.25) is 0 Å². The third-order valence-corrected chi connectivity index (χ3v) is 20.0. The summed E-state index contributed by atoms with van der Waals surface area (Å²) in [5.74, 6) is 0. The summed E-state index contributed by atoms with van der Waals surface area (Å²) in [4.78, 5) is 7.84. The lowest BCUT2D eigenvalue weighted by molar-refractivity contribution is 0.332. The molecular formula is C77H86BN3O. The number of rotatable bonds is 5. The molecular weight excluding hydrogens is 994 g/mol. The van der Waals surface area contributed by atoms with Gasteiger partial charge in [-0.2, -0.15) is 0 Å². The van der Waals surface area contributed by atoms with Gasteiger partial charge in [0.25, 0.3) is 6.71 Å². The molecule has 1 aromatic heterocycles. The molecule has 0 atom stereocenters. The maximum Gasteiger partial charge on any atom is 0.252 e. The lowest BCUT2D eigenvalue weighted by Crippen LogP contribution is -2.62. The number of para-hydroxylation sites is 1. The van der Waals surface area contributed by atoms with Crippen molar-refractivity contribution >= 4 is 96.2 Å². The molecule has 0 unspecified atom stereocenters. The Labute approximate surface area is 491 Å². The van der Waals surface area contributed by atoms with Crippen LogP contribution in [0.1, 0.15) is 188 Å². The molecule has 2 aliphatic carbocycles. The Hall–Kier alpha value is -6.98. The molecule has 3 heterocycles. The molecule has 4 aliphatic rings. The van der Waals surface area contributed by atoms with Gasteiger partial charge in [0, 0.05) is 61.8 Å². The minimum absolute atomic E-state index is 0.00505. The minimum atomic E-state index is -0.309. The zero-order valence-electron chi connectivity index (χ0n) is 52.5. The molecule has 0 bridgehead atoms. The molecule has 0 saturated heterocycles. The van der Waals surface area contributed by atoms with Crippen LogP contribution in [-0.2, 0) is 37.9 Å². The number of benzene rings is 8. The van der Waals surface area contributed by atoms with Crippen LogP contribution in [0.25, 0.3) is 21.9 Å². The standard InChI is InChI=1S/C77H86BN3O/c1-47-41-65-69-66(42-47)81(62-36-33-55-54-21-19-20-22-67(54)82-70(55)68(62)73(8,9)10)63-44-53(79(50-27-23-48(24-28-50)71(2,3)4)51-29-25-49(26-30-51)72(5,6)7)32-35-60(63)78(69)61-45-58-59(77(17,18)40-39-76(58,15)16)46-64(61)80(65)52-31-34-56-57(43-52)75(13,14)38-37-74(56,11)12/h19-36,41-46H,37-40H2,1-18H3. The van der Waals surface area contributed by atoms with Crippen LogP contribution in [0.15, 0.2) is 150 Å². The van der Waals surface area contributed by atoms with Crippen molar-refractivity contribution < 1.29 is 4.42 Å². The van der Waals surface area contributed by atoms with Crippen molar-refractivity contribution in [3.8, 4) is 0 Å². The summed E-state index contributed by atoms with van der Waals surface area (Å²) < 4.78 is 7.11. The third-order valence-electron chi connectivity index (χ3n) is 20.0. The SMILES string of the molecule is Cc1cc2c3c(c1)N(c1ccc4c(oc5ccccc54)c1C(C)(C)C)c1cc(N(c4ccc(C(C)(C)C)cc4)c4ccc(C(C)(C)C)cc4)ccc1B3c1cc3c(cc1N2c1ccc2c(c1)C(C)(C)CCC2(C)C)C(C)(C)CCC3(C)C. The van der Waals surface area contributed by atoms with E-state index in [-0.39, 0.29) is 44.6 Å². The Kier molecular flexibility index (Phi) is 11.9. The van der Waals surface area contributed by atoms with E-state index in [1.807, 2.05) is 0 Å². The molecule has 0 fully saturated rings. The van der Waals surface area contributed by atoms with Crippen LogP contribution in [0.4, 0.5) is 51.2 Å². The predicted octanol–water partition coefficient (Wildman–Crippen LogP) is 20.0. The summed E-state index contributed by atoms with van der Waals surface area (Å²) in [6.07, 6.45) is 4.64. The number of hydrogen-bond donors (Lipinski definition) is 0. The van der Waals surface area contributed by atoms with Gasteiger partial charge < -0.3 is 19.1 Å². The first-order valence-corrected chi connectivity index (χ1v) is 30.6. The molecule has 8 aromatic carbocycles. The van der Waals surface area contributed by atoms with Gasteiger partial charge in [0.05, 0.1) is 5.69 Å². The van der Waals surface area contributed by atoms with Gasteiger partial charge in [0.1, 0.15) is 11.2 Å². The van der Waals surface area contributed by atoms with E-state index in [2.05, 4.69) is 285 Å². The molecule has 82 heavy (non-hydrogen) atoms. The molecule has 4 nitrogen and oxygen atoms in total. The Morgan fingerprint density at radius 2 is 0.939 bits per heavy atom. The number of aryl methyl sites for hydroxylation is 1. The van der Waals surface area contributed by atoms with Crippen LogP contribution in [-0.4, -0.2) is 6.71 Å². The van der Waals surface area contributed by atoms with E-state index in [0.717, 1.165) is 64.0 Å². The molecule has 5 heteroatoms. The van der Waals surface area contributed by atoms with Crippen molar-refractivity contribution in [3.63, 3.8) is 0 Å². The first-order chi connectivity index (χ1) is 38.4. The van der Waals surface area contributed by atoms with Gasteiger partial charge in [-0.25, -0.2) is 0 Å². The summed E-state index contributed by atoms with van der Waals surface area (Å²) >= 11 is 0. The van der Waals surface area contributed by atoms with Crippen LogP contribution in [0.2, 0.25) is 0 Å². The summed E-state index contributed by atoms with van der Waals surface area (Å²) in [5, 5.41) is 2.30. The highest BCUT2D eigenvalue weighted by Gasteiger charge is 2.48. The Balaban J connectivity index is 1.14. The average molecular weight is 1080 g/mol. The zero-order chi connectivity index (χ0) is 58.2. The van der Waals surface area contributed by atoms with Crippen LogP contribution >= 0.6 is 0 Å². The summed E-state index contributed by atoms with van der Waals surface area (Å²) in [7, 11) is 0. The van der Waals surface area contributed by atoms with E-state index in [4.69, 9.17) is 4.42 Å². The quantitative estimate of drug-likeness (QED) is 0.160. The molecule has 0 amide bonds. The van der Waals surface area contributed by atoms with Crippen molar-refractivity contribution in [2.45, 2.75) is 188 Å². The van der Waals surface area contributed by atoms with Crippen molar-refractivity contribution in [1.29, 1.82) is 0 Å². The molecule has 418 valence electrons. The molecule has 0 N–H and O–H groups in total. The molecule has 2 aliphatic heterocycles. The normalized spacial score (nSPS) is 17.5. The van der Waals surface area contributed by atoms with Gasteiger partial charge in [-0.3, -0.25) is 0 Å². The first-order valence-electron chi connectivity index (χ1n) is 30.6. The second-order valence-electron chi connectivity index (χ2n) is 30.9. The predicted molar refractivity (Wildman–Crippen MR) is 354 cm³/mol. The Bertz CT molecular complexity index is 4010. The Morgan fingerprint density at radius 1 is 0.427 bits per heavy atom. The van der Waals surface area contributed by atoms with Crippen molar-refractivity contribution in [2.75, 3.05) is 14.7 Å². The van der Waals surface area contributed by atoms with E-state index in [0.29, 0.717) is 0 Å². The molecule has 9 aromatic rings. The zero-order valence-corrected chi connectivity index (χ0v) is 52.5. The van der Waals surface area contributed by atoms with E-state index < -0.39 is 0 Å². The largest absolute Gasteiger partial charge is 0.456 e. The van der Waals surface area contributed by atoms with Gasteiger partial charge in [-0.1, -0.05) is 178 Å². The highest BCUT2D eigenvalue weighted by atomic mass is 16.3. The minimum Gasteiger partial charge on any atom is -0.456 e. The fourth-order valence-electron chi connectivity index (χ4n) is 14.9. The van der Waals surface area contributed by atoms with Crippen LogP contribution in [0.5, 0.6) is 0 Å². The third kappa shape index (κ3) is 8.51. The second-order valence-corrected chi connectivity index (χ2v) is 30.9. The van der Waals surface area contributed by atoms with E-state index in [1.54, 1.807) is 0 Å². The van der Waals surface area contributed by atoms with Gasteiger partial charge in [-0.15, -0.1) is 0 Å². The van der Waals surface area contributed by atoms with Crippen molar-refractivity contribution in [2.24, 2.45) is 0 Å². The smallest absolute Gasteiger partial charge is 0.252 e. The lowest BCUT2D eigenvalue weighted by atomic mass is 9.33. The number of anilines is 9. The van der Waals surface area contributed by atoms with Gasteiger partial charge in [0.15, 0.2) is 0 Å². The highest BCUT2D eigenvalue weighted by molar-refractivity contribution is 7.00. The number of furan rings is 1. The van der Waals surface area contributed by atoms with Crippen LogP contribution < -0.4 is 31.1 Å². The monoisotopic (exact) mass is 1080 g/mol. The topological polar surface area (TPSA) is 22.9 Å². The lowest BCUT2D eigenvalue weighted by Gasteiger charge is -2.48. The van der Waals surface area contributed by atoms with Gasteiger partial charge >= 0.3 is 0 Å². The van der Waals surface area contributed by atoms with Crippen molar-refractivity contribution in [1.82, 2.24) is 0 Å². The maximum absolute atomic E-state index is 7.11. The second kappa shape index (κ2) is 18.0. The number of fused-ring (bicyclic) bond motifs is 9. The van der Waals surface area contributed by atoms with E-state index in [1.165, 1.54) is 95.8 Å². The number of hydrogen-bond acceptors (Lipinski definition) is 4. The summed E-state index contributed by atoms with van der Waals surface area (Å²) in [6, 6.07) is 57.3. The van der Waals surface area contributed by atoms with Crippen LogP contribution in [0.3, 0.4) is 0 Å². The molecule has 0 saturated carbocycles. The average Bonchev–Trinajstić information content (AvgIpc) is 2.62. The highest BCUT2D eigenvalue weighted by Crippen LogP contribution is 2.55. The van der Waals surface area contributed by atoms with Gasteiger partial charge in [-0.05, 0) is 211 Å². The van der Waals surface area contributed by atoms with Crippen molar-refractivity contribution in [3.05, 3.63) is 190 Å². The number of nitrogens with zero attached hydrogens (tertiary/aromatic N) is 3. The van der Waals surface area contributed by atoms with E-state index >= 15 is 0 Å². The molecule has 0 radical (unpaired) electrons. The fourth-order valence-corrected chi connectivity index (χ4v) is 14.9. The summed E-state index contributed by atoms with van der Waals surface area (Å²) in [6.45, 7) is 43.0. The van der Waals surface area contributed by atoms with Crippen LogP contribution in [0, 0.1) is 6.92 Å².